The third-order valence-corrected chi connectivity index (χ3v) is 2.59. The average molecular weight is 246 g/mol. The summed E-state index contributed by atoms with van der Waals surface area (Å²) in [6, 6.07) is 10.4. The van der Waals surface area contributed by atoms with Gasteiger partial charge in [-0.25, -0.2) is 0 Å². The van der Waals surface area contributed by atoms with Gasteiger partial charge in [-0.2, -0.15) is 0 Å². The molecule has 0 aliphatic rings. The van der Waals surface area contributed by atoms with Crippen molar-refractivity contribution >= 4 is 5.97 Å². The summed E-state index contributed by atoms with van der Waals surface area (Å²) in [5, 5.41) is 0. The number of hydrogen-bond donors (Lipinski definition) is 0. The quantitative estimate of drug-likeness (QED) is 0.513. The Morgan fingerprint density at radius 1 is 1.17 bits per heavy atom. The van der Waals surface area contributed by atoms with Crippen LogP contribution in [0.1, 0.15) is 38.2 Å². The molecule has 0 atom stereocenters. The maximum Gasteiger partial charge on any atom is 0.306 e. The number of ether oxygens (including phenoxy) is 1. The Hall–Kier alpha value is -1.57. The van der Waals surface area contributed by atoms with Gasteiger partial charge in [-0.15, -0.1) is 0 Å². The minimum absolute atomic E-state index is 0.0930. The van der Waals surface area contributed by atoms with E-state index in [9.17, 15) is 4.79 Å². The number of aryl methyl sites for hydroxylation is 1. The first kappa shape index (κ1) is 14.5. The third kappa shape index (κ3) is 6.89. The van der Waals surface area contributed by atoms with E-state index in [1.807, 2.05) is 13.0 Å². The van der Waals surface area contributed by atoms with Gasteiger partial charge in [-0.1, -0.05) is 49.4 Å². The van der Waals surface area contributed by atoms with Crippen LogP contribution in [0.3, 0.4) is 0 Å². The molecule has 0 saturated heterocycles. The molecule has 1 aromatic rings. The first-order chi connectivity index (χ1) is 8.83. The molecule has 1 rings (SSSR count). The Morgan fingerprint density at radius 2 is 1.89 bits per heavy atom. The summed E-state index contributed by atoms with van der Waals surface area (Å²) in [7, 11) is 0. The first-order valence-electron chi connectivity index (χ1n) is 6.67. The van der Waals surface area contributed by atoms with Gasteiger partial charge in [0.15, 0.2) is 0 Å². The second-order valence-electron chi connectivity index (χ2n) is 4.25. The smallest absolute Gasteiger partial charge is 0.306 e. The summed E-state index contributed by atoms with van der Waals surface area (Å²) in [5.74, 6) is -0.0930. The fourth-order valence-electron chi connectivity index (χ4n) is 1.62. The minimum Gasteiger partial charge on any atom is -0.466 e. The number of hydrogen-bond acceptors (Lipinski definition) is 2. The summed E-state index contributed by atoms with van der Waals surface area (Å²) in [5.41, 5.74) is 1.35. The molecule has 2 nitrogen and oxygen atoms in total. The van der Waals surface area contributed by atoms with Crippen LogP contribution < -0.4 is 0 Å². The largest absolute Gasteiger partial charge is 0.466 e. The molecule has 0 aliphatic heterocycles. The van der Waals surface area contributed by atoms with E-state index in [-0.39, 0.29) is 5.97 Å². The van der Waals surface area contributed by atoms with Crippen LogP contribution in [0.4, 0.5) is 0 Å². The highest BCUT2D eigenvalue weighted by atomic mass is 16.5. The molecule has 98 valence electrons. The molecule has 0 aliphatic carbocycles. The van der Waals surface area contributed by atoms with Crippen LogP contribution in [0.15, 0.2) is 42.5 Å². The summed E-state index contributed by atoms with van der Waals surface area (Å²) < 4.78 is 4.99. The highest BCUT2D eigenvalue weighted by Crippen LogP contribution is 2.03. The van der Waals surface area contributed by atoms with Crippen LogP contribution in [0.5, 0.6) is 0 Å². The Balaban J connectivity index is 2.06. The zero-order chi connectivity index (χ0) is 13.1. The molecule has 0 bridgehead atoms. The molecular formula is C16H22O2. The number of esters is 1. The zero-order valence-electron chi connectivity index (χ0n) is 11.1. The lowest BCUT2D eigenvalue weighted by atomic mass is 10.1. The molecular weight excluding hydrogens is 224 g/mol. The van der Waals surface area contributed by atoms with Crippen LogP contribution in [-0.4, -0.2) is 12.6 Å². The number of carbonyl (C=O) groups excluding carboxylic acids is 1. The van der Waals surface area contributed by atoms with Crippen molar-refractivity contribution in [1.29, 1.82) is 0 Å². The minimum atomic E-state index is -0.0930. The standard InChI is InChI=1S/C16H22O2/c1-2-14-18-16(17)13-9-4-3-6-10-15-11-7-5-8-12-15/h3-5,7-8,11-12H,2,6,9-10,13-14H2,1H3/b4-3+. The summed E-state index contributed by atoms with van der Waals surface area (Å²) in [6.45, 7) is 2.54. The van der Waals surface area contributed by atoms with Gasteiger partial charge in [-0.05, 0) is 31.2 Å². The Morgan fingerprint density at radius 3 is 2.61 bits per heavy atom. The number of allylic oxidation sites excluding steroid dienone is 2. The van der Waals surface area contributed by atoms with E-state index < -0.39 is 0 Å². The summed E-state index contributed by atoms with van der Waals surface area (Å²) in [6.07, 6.45) is 8.43. The van der Waals surface area contributed by atoms with Crippen LogP contribution in [0, 0.1) is 0 Å². The van der Waals surface area contributed by atoms with Gasteiger partial charge in [-0.3, -0.25) is 4.79 Å². The highest BCUT2D eigenvalue weighted by Gasteiger charge is 1.98. The molecule has 0 spiro atoms. The van der Waals surface area contributed by atoms with E-state index >= 15 is 0 Å². The van der Waals surface area contributed by atoms with E-state index in [0.29, 0.717) is 13.0 Å². The normalized spacial score (nSPS) is 10.7. The van der Waals surface area contributed by atoms with Gasteiger partial charge in [0.05, 0.1) is 6.61 Å². The molecule has 0 unspecified atom stereocenters. The van der Waals surface area contributed by atoms with Crippen molar-refractivity contribution in [1.82, 2.24) is 0 Å². The monoisotopic (exact) mass is 246 g/mol. The van der Waals surface area contributed by atoms with Gasteiger partial charge in [0.2, 0.25) is 0 Å². The van der Waals surface area contributed by atoms with E-state index in [0.717, 1.165) is 25.7 Å². The molecule has 2 heteroatoms. The topological polar surface area (TPSA) is 26.3 Å². The second kappa shape index (κ2) is 9.46. The molecule has 0 N–H and O–H groups in total. The van der Waals surface area contributed by atoms with Gasteiger partial charge in [0.1, 0.15) is 0 Å². The number of rotatable bonds is 8. The van der Waals surface area contributed by atoms with Crippen molar-refractivity contribution in [3.63, 3.8) is 0 Å². The van der Waals surface area contributed by atoms with Crippen LogP contribution in [0.2, 0.25) is 0 Å². The fraction of sp³-hybridized carbons (Fsp3) is 0.438. The fourth-order valence-corrected chi connectivity index (χ4v) is 1.62. The Bertz CT molecular complexity index is 355. The lowest BCUT2D eigenvalue weighted by Crippen LogP contribution is -2.04. The molecule has 18 heavy (non-hydrogen) atoms. The van der Waals surface area contributed by atoms with E-state index in [2.05, 4.69) is 36.4 Å². The molecule has 0 aromatic heterocycles. The Labute approximate surface area is 110 Å². The summed E-state index contributed by atoms with van der Waals surface area (Å²) in [4.78, 5) is 11.2. The first-order valence-corrected chi connectivity index (χ1v) is 6.67. The molecule has 0 amide bonds. The predicted octanol–water partition coefficient (Wildman–Crippen LogP) is 3.91. The number of carbonyl (C=O) groups is 1. The third-order valence-electron chi connectivity index (χ3n) is 2.59. The van der Waals surface area contributed by atoms with Crippen molar-refractivity contribution in [2.24, 2.45) is 0 Å². The van der Waals surface area contributed by atoms with Crippen molar-refractivity contribution in [3.8, 4) is 0 Å². The highest BCUT2D eigenvalue weighted by molar-refractivity contribution is 5.69. The van der Waals surface area contributed by atoms with Crippen molar-refractivity contribution in [3.05, 3.63) is 48.0 Å². The maximum absolute atomic E-state index is 11.2. The van der Waals surface area contributed by atoms with Gasteiger partial charge >= 0.3 is 5.97 Å². The molecule has 0 fully saturated rings. The maximum atomic E-state index is 11.2. The van der Waals surface area contributed by atoms with Gasteiger partial charge in [0.25, 0.3) is 0 Å². The van der Waals surface area contributed by atoms with Crippen molar-refractivity contribution in [2.45, 2.75) is 39.0 Å². The van der Waals surface area contributed by atoms with E-state index in [1.54, 1.807) is 0 Å². The van der Waals surface area contributed by atoms with Crippen LogP contribution in [-0.2, 0) is 16.0 Å². The summed E-state index contributed by atoms with van der Waals surface area (Å²) >= 11 is 0. The average Bonchev–Trinajstić information content (AvgIpc) is 2.41. The van der Waals surface area contributed by atoms with Crippen LogP contribution >= 0.6 is 0 Å². The number of benzene rings is 1. The van der Waals surface area contributed by atoms with E-state index in [1.165, 1.54) is 5.56 Å². The molecule has 0 radical (unpaired) electrons. The molecule has 0 saturated carbocycles. The Kier molecular flexibility index (Phi) is 7.61. The molecule has 1 aromatic carbocycles. The van der Waals surface area contributed by atoms with Gasteiger partial charge in [0, 0.05) is 6.42 Å². The lowest BCUT2D eigenvalue weighted by molar-refractivity contribution is -0.143. The van der Waals surface area contributed by atoms with E-state index in [4.69, 9.17) is 4.74 Å². The zero-order valence-corrected chi connectivity index (χ0v) is 11.1. The molecule has 0 heterocycles. The predicted molar refractivity (Wildman–Crippen MR) is 74.4 cm³/mol. The lowest BCUT2D eigenvalue weighted by Gasteiger charge is -2.00. The van der Waals surface area contributed by atoms with Crippen molar-refractivity contribution in [2.75, 3.05) is 6.61 Å². The SMILES string of the molecule is CCCOC(=O)CC/C=C/CCc1ccccc1. The second-order valence-corrected chi connectivity index (χ2v) is 4.25. The van der Waals surface area contributed by atoms with Crippen molar-refractivity contribution < 1.29 is 9.53 Å². The van der Waals surface area contributed by atoms with Gasteiger partial charge < -0.3 is 4.74 Å². The van der Waals surface area contributed by atoms with Crippen LogP contribution in [0.25, 0.3) is 0 Å².